The second kappa shape index (κ2) is 13.1. The highest BCUT2D eigenvalue weighted by Gasteiger charge is 2.28. The highest BCUT2D eigenvalue weighted by Crippen LogP contribution is 2.47. The Hall–Kier alpha value is -4.30. The van der Waals surface area contributed by atoms with Crippen molar-refractivity contribution in [2.75, 3.05) is 53.6 Å². The molecule has 1 unspecified atom stereocenters. The number of methoxy groups -OCH3 is 1. The quantitative estimate of drug-likeness (QED) is 0.218. The first-order chi connectivity index (χ1) is 22.8. The molecule has 0 saturated carbocycles. The summed E-state index contributed by atoms with van der Waals surface area (Å²) in [5.41, 5.74) is 4.96. The van der Waals surface area contributed by atoms with Gasteiger partial charge in [0.1, 0.15) is 35.4 Å². The van der Waals surface area contributed by atoms with Crippen molar-refractivity contribution in [3.8, 4) is 39.5 Å². The number of hydrogen-bond acceptors (Lipinski definition) is 9. The van der Waals surface area contributed by atoms with Gasteiger partial charge < -0.3 is 19.7 Å². The van der Waals surface area contributed by atoms with E-state index in [9.17, 15) is 9.18 Å². The zero-order valence-corrected chi connectivity index (χ0v) is 27.2. The van der Waals surface area contributed by atoms with Gasteiger partial charge in [-0.05, 0) is 36.6 Å². The van der Waals surface area contributed by atoms with E-state index < -0.39 is 11.6 Å². The van der Waals surface area contributed by atoms with Gasteiger partial charge in [0.15, 0.2) is 0 Å². The Morgan fingerprint density at radius 3 is 2.70 bits per heavy atom. The Morgan fingerprint density at radius 1 is 1.06 bits per heavy atom. The van der Waals surface area contributed by atoms with Crippen LogP contribution in [0.5, 0.6) is 5.75 Å². The van der Waals surface area contributed by atoms with Gasteiger partial charge in [0.05, 0.1) is 42.3 Å². The van der Waals surface area contributed by atoms with Crippen molar-refractivity contribution >= 4 is 27.3 Å². The number of amides is 1. The smallest absolute Gasteiger partial charge is 0.236 e. The van der Waals surface area contributed by atoms with Crippen LogP contribution in [0.2, 0.25) is 0 Å². The monoisotopic (exact) mass is 659 g/mol. The average molecular weight is 660 g/mol. The fourth-order valence-electron chi connectivity index (χ4n) is 6.20. The van der Waals surface area contributed by atoms with E-state index in [1.807, 2.05) is 41.4 Å². The second-order valence-electron chi connectivity index (χ2n) is 11.9. The molecule has 1 fully saturated rings. The topological polar surface area (TPSA) is 97.6 Å². The van der Waals surface area contributed by atoms with Gasteiger partial charge in [0.25, 0.3) is 0 Å². The van der Waals surface area contributed by atoms with E-state index in [-0.39, 0.29) is 36.5 Å². The van der Waals surface area contributed by atoms with Crippen LogP contribution in [0.15, 0.2) is 48.0 Å². The number of nitrogens with zero attached hydrogens (tertiary/aromatic N) is 6. The Kier molecular flexibility index (Phi) is 8.71. The molecule has 4 aromatic heterocycles. The van der Waals surface area contributed by atoms with Gasteiger partial charge >= 0.3 is 0 Å². The van der Waals surface area contributed by atoms with E-state index in [1.54, 1.807) is 11.1 Å². The molecule has 1 N–H and O–H groups in total. The summed E-state index contributed by atoms with van der Waals surface area (Å²) in [5, 5.41) is 11.1. The van der Waals surface area contributed by atoms with Gasteiger partial charge in [-0.15, -0.1) is 11.3 Å². The lowest BCUT2D eigenvalue weighted by Crippen LogP contribution is -2.48. The number of aromatic nitrogens is 4. The van der Waals surface area contributed by atoms with Crippen LogP contribution in [-0.4, -0.2) is 89.0 Å². The number of benzene rings is 1. The summed E-state index contributed by atoms with van der Waals surface area (Å²) in [6.07, 6.45) is 1.79. The minimum absolute atomic E-state index is 0.0671. The number of pyridine rings is 2. The number of fused-ring (bicyclic) bond motifs is 2. The Bertz CT molecular complexity index is 1940. The van der Waals surface area contributed by atoms with E-state index in [2.05, 4.69) is 17.1 Å². The zero-order chi connectivity index (χ0) is 32.7. The van der Waals surface area contributed by atoms with E-state index in [1.165, 1.54) is 24.5 Å². The SMILES string of the molecule is COCCOc1cc(F)cc(F)c1-c1c(-c2cc3n(n2)CCNC3C)nc(-c2ccc(CN3CCN(C)C(=O)C3)nc2)c2ccsc12. The fraction of sp³-hybridized carbons (Fsp3) is 0.353. The van der Waals surface area contributed by atoms with Gasteiger partial charge in [-0.25, -0.2) is 13.8 Å². The van der Waals surface area contributed by atoms with Crippen LogP contribution in [-0.2, 0) is 22.6 Å². The summed E-state index contributed by atoms with van der Waals surface area (Å²) in [6.45, 7) is 6.30. The van der Waals surface area contributed by atoms with Crippen LogP contribution in [0.1, 0.15) is 24.4 Å². The first-order valence-corrected chi connectivity index (χ1v) is 16.4. The Balaban J connectivity index is 1.37. The second-order valence-corrected chi connectivity index (χ2v) is 12.8. The number of nitrogens with one attached hydrogen (secondary N) is 1. The number of piperazine rings is 1. The first-order valence-electron chi connectivity index (χ1n) is 15.6. The fourth-order valence-corrected chi connectivity index (χ4v) is 7.15. The molecule has 10 nitrogen and oxygen atoms in total. The van der Waals surface area contributed by atoms with Gasteiger partial charge in [0.2, 0.25) is 5.91 Å². The van der Waals surface area contributed by atoms with E-state index in [4.69, 9.17) is 24.5 Å². The maximum absolute atomic E-state index is 16.0. The minimum atomic E-state index is -0.754. The molecule has 1 atom stereocenters. The van der Waals surface area contributed by atoms with Crippen LogP contribution in [0.3, 0.4) is 0 Å². The molecule has 13 heteroatoms. The van der Waals surface area contributed by atoms with Crippen molar-refractivity contribution in [3.63, 3.8) is 0 Å². The number of thiophene rings is 1. The van der Waals surface area contributed by atoms with E-state index in [0.717, 1.165) is 46.2 Å². The predicted octanol–water partition coefficient (Wildman–Crippen LogP) is 5.13. The molecule has 2 aliphatic heterocycles. The molecule has 47 heavy (non-hydrogen) atoms. The number of rotatable bonds is 9. The standard InChI is InChI=1S/C34H35F2N7O3S/c1-20-27-16-26(40-43(27)8-7-37-20)33-31(30-25(36)14-22(35)15-28(30)46-12-11-45-3)34-24(6-13-47-34)32(39-33)21-4-5-23(38-17-21)18-42-10-9-41(2)29(44)19-42/h4-6,13-17,20,37H,7-12,18-19H2,1-3H3. The van der Waals surface area contributed by atoms with Crippen molar-refractivity contribution < 1.29 is 23.0 Å². The first kappa shape index (κ1) is 31.3. The summed E-state index contributed by atoms with van der Waals surface area (Å²) in [5.74, 6) is -1.33. The molecule has 6 heterocycles. The molecule has 5 aromatic rings. The summed E-state index contributed by atoms with van der Waals surface area (Å²) in [4.78, 5) is 26.0. The molecule has 1 amide bonds. The largest absolute Gasteiger partial charge is 0.490 e. The molecule has 7 rings (SSSR count). The van der Waals surface area contributed by atoms with Gasteiger partial charge in [-0.3, -0.25) is 19.4 Å². The summed E-state index contributed by atoms with van der Waals surface area (Å²) < 4.78 is 44.3. The molecule has 1 aromatic carbocycles. The lowest BCUT2D eigenvalue weighted by molar-refractivity contribution is -0.134. The van der Waals surface area contributed by atoms with Crippen LogP contribution in [0, 0.1) is 11.6 Å². The van der Waals surface area contributed by atoms with Crippen LogP contribution in [0.25, 0.3) is 43.9 Å². The van der Waals surface area contributed by atoms with E-state index in [0.29, 0.717) is 48.8 Å². The normalized spacial score (nSPS) is 17.0. The van der Waals surface area contributed by atoms with Crippen molar-refractivity contribution in [2.45, 2.75) is 26.1 Å². The molecule has 0 radical (unpaired) electrons. The number of hydrogen-bond donors (Lipinski definition) is 1. The maximum Gasteiger partial charge on any atom is 0.236 e. The third-order valence-electron chi connectivity index (χ3n) is 8.71. The predicted molar refractivity (Wildman–Crippen MR) is 176 cm³/mol. The number of likely N-dealkylation sites (N-methyl/N-ethyl adjacent to an activating group) is 1. The molecule has 0 spiro atoms. The number of carbonyl (C=O) groups excluding carboxylic acids is 1. The Morgan fingerprint density at radius 2 is 1.94 bits per heavy atom. The molecule has 1 saturated heterocycles. The van der Waals surface area contributed by atoms with Gasteiger partial charge in [-0.2, -0.15) is 5.10 Å². The van der Waals surface area contributed by atoms with Gasteiger partial charge in [-0.1, -0.05) is 0 Å². The Labute approximate surface area is 274 Å². The number of carbonyl (C=O) groups is 1. The van der Waals surface area contributed by atoms with Crippen LogP contribution >= 0.6 is 11.3 Å². The van der Waals surface area contributed by atoms with E-state index >= 15 is 4.39 Å². The average Bonchev–Trinajstić information content (AvgIpc) is 3.72. The molecular weight excluding hydrogens is 624 g/mol. The lowest BCUT2D eigenvalue weighted by atomic mass is 9.96. The molecule has 0 aliphatic carbocycles. The highest BCUT2D eigenvalue weighted by molar-refractivity contribution is 7.18. The van der Waals surface area contributed by atoms with Crippen molar-refractivity contribution in [1.82, 2.24) is 34.9 Å². The number of halogens is 2. The third-order valence-corrected chi connectivity index (χ3v) is 9.65. The summed E-state index contributed by atoms with van der Waals surface area (Å²) in [7, 11) is 3.36. The third kappa shape index (κ3) is 6.11. The number of ether oxygens (including phenoxy) is 2. The summed E-state index contributed by atoms with van der Waals surface area (Å²) in [6, 6.07) is 10.0. The highest BCUT2D eigenvalue weighted by atomic mass is 32.1. The van der Waals surface area contributed by atoms with Crippen molar-refractivity contribution in [2.24, 2.45) is 0 Å². The van der Waals surface area contributed by atoms with Crippen molar-refractivity contribution in [1.29, 1.82) is 0 Å². The minimum Gasteiger partial charge on any atom is -0.490 e. The van der Waals surface area contributed by atoms with Crippen molar-refractivity contribution in [3.05, 3.63) is 71.0 Å². The van der Waals surface area contributed by atoms with Crippen LogP contribution < -0.4 is 10.1 Å². The maximum atomic E-state index is 16.0. The molecule has 0 bridgehead atoms. The lowest BCUT2D eigenvalue weighted by Gasteiger charge is -2.31. The molecule has 244 valence electrons. The van der Waals surface area contributed by atoms with Crippen LogP contribution in [0.4, 0.5) is 8.78 Å². The molecule has 2 aliphatic rings. The van der Waals surface area contributed by atoms with Gasteiger partial charge in [0, 0.05) is 85.9 Å². The molecular formula is C34H35F2N7O3S. The summed E-state index contributed by atoms with van der Waals surface area (Å²) >= 11 is 1.45. The zero-order valence-electron chi connectivity index (χ0n) is 26.4.